The van der Waals surface area contributed by atoms with E-state index in [1.807, 2.05) is 32.0 Å². The van der Waals surface area contributed by atoms with Crippen LogP contribution in [0.2, 0.25) is 0 Å². The molecule has 0 radical (unpaired) electrons. The Morgan fingerprint density at radius 2 is 2.14 bits per heavy atom. The van der Waals surface area contributed by atoms with Gasteiger partial charge in [-0.15, -0.1) is 0 Å². The second-order valence-corrected chi connectivity index (χ2v) is 4.70. The predicted octanol–water partition coefficient (Wildman–Crippen LogP) is 2.26. The Morgan fingerprint density at radius 1 is 1.33 bits per heavy atom. The number of carbonyl (C=O) groups is 1. The fraction of sp³-hybridized carbons (Fsp3) is 0.176. The molecule has 0 saturated carbocycles. The molecule has 106 valence electrons. The normalized spacial score (nSPS) is 9.67. The number of aryl methyl sites for hydroxylation is 2. The maximum absolute atomic E-state index is 12.4. The Labute approximate surface area is 124 Å². The molecule has 0 unspecified atom stereocenters. The minimum absolute atomic E-state index is 0.203. The zero-order valence-electron chi connectivity index (χ0n) is 12.1. The second kappa shape index (κ2) is 6.69. The summed E-state index contributed by atoms with van der Waals surface area (Å²) in [6.07, 6.45) is 3.14. The van der Waals surface area contributed by atoms with Gasteiger partial charge in [-0.3, -0.25) is 9.78 Å². The highest BCUT2D eigenvalue weighted by molar-refractivity contribution is 6.06. The minimum atomic E-state index is -0.203. The molecule has 1 heterocycles. The van der Waals surface area contributed by atoms with Crippen LogP contribution in [0, 0.1) is 25.7 Å². The number of benzene rings is 1. The van der Waals surface area contributed by atoms with E-state index in [1.54, 1.807) is 18.5 Å². The Bertz CT molecular complexity index is 726. The van der Waals surface area contributed by atoms with E-state index < -0.39 is 0 Å². The van der Waals surface area contributed by atoms with Crippen molar-refractivity contribution in [1.82, 2.24) is 4.98 Å². The summed E-state index contributed by atoms with van der Waals surface area (Å²) < 4.78 is 0. The first kappa shape index (κ1) is 14.8. The van der Waals surface area contributed by atoms with Crippen molar-refractivity contribution in [2.45, 2.75) is 13.8 Å². The maximum atomic E-state index is 12.4. The number of anilines is 1. The van der Waals surface area contributed by atoms with Gasteiger partial charge >= 0.3 is 0 Å². The molecule has 0 aliphatic rings. The summed E-state index contributed by atoms with van der Waals surface area (Å²) in [4.78, 5) is 16.4. The summed E-state index contributed by atoms with van der Waals surface area (Å²) >= 11 is 0. The van der Waals surface area contributed by atoms with Gasteiger partial charge in [0.15, 0.2) is 0 Å². The molecule has 0 aliphatic carbocycles. The van der Waals surface area contributed by atoms with Crippen LogP contribution in [0.25, 0.3) is 0 Å². The van der Waals surface area contributed by atoms with Crippen molar-refractivity contribution in [3.63, 3.8) is 0 Å². The van der Waals surface area contributed by atoms with Crippen molar-refractivity contribution in [2.24, 2.45) is 5.73 Å². The van der Waals surface area contributed by atoms with Crippen LogP contribution in [0.15, 0.2) is 36.7 Å². The lowest BCUT2D eigenvalue weighted by Gasteiger charge is -2.10. The Balaban J connectivity index is 2.28. The van der Waals surface area contributed by atoms with E-state index in [4.69, 9.17) is 5.73 Å². The van der Waals surface area contributed by atoms with Crippen LogP contribution in [0.4, 0.5) is 5.69 Å². The lowest BCUT2D eigenvalue weighted by molar-refractivity contribution is 0.102. The average molecular weight is 279 g/mol. The molecular weight excluding hydrogens is 262 g/mol. The highest BCUT2D eigenvalue weighted by atomic mass is 16.1. The standard InChI is InChI=1S/C17H17N3O/c1-12-5-6-16(13(2)10-12)20-17(21)15-7-9-19-11-14(15)4-3-8-18/h5-7,9-11H,8,18H2,1-2H3,(H,20,21). The number of aromatic nitrogens is 1. The summed E-state index contributed by atoms with van der Waals surface area (Å²) in [7, 11) is 0. The number of pyridine rings is 1. The number of carbonyl (C=O) groups excluding carboxylic acids is 1. The van der Waals surface area contributed by atoms with Crippen molar-refractivity contribution < 1.29 is 4.79 Å². The molecule has 0 saturated heterocycles. The number of amides is 1. The van der Waals surface area contributed by atoms with E-state index in [1.165, 1.54) is 0 Å². The van der Waals surface area contributed by atoms with Crippen LogP contribution >= 0.6 is 0 Å². The quantitative estimate of drug-likeness (QED) is 0.829. The average Bonchev–Trinajstić information content (AvgIpc) is 2.48. The summed E-state index contributed by atoms with van der Waals surface area (Å²) in [5, 5.41) is 2.90. The van der Waals surface area contributed by atoms with Crippen molar-refractivity contribution in [3.8, 4) is 11.8 Å². The van der Waals surface area contributed by atoms with Crippen LogP contribution in [0.1, 0.15) is 27.0 Å². The van der Waals surface area contributed by atoms with E-state index in [0.717, 1.165) is 16.8 Å². The van der Waals surface area contributed by atoms with Gasteiger partial charge in [0.05, 0.1) is 17.7 Å². The highest BCUT2D eigenvalue weighted by Crippen LogP contribution is 2.17. The van der Waals surface area contributed by atoms with Gasteiger partial charge in [-0.05, 0) is 31.5 Å². The lowest BCUT2D eigenvalue weighted by atomic mass is 10.1. The molecule has 4 nitrogen and oxygen atoms in total. The zero-order chi connectivity index (χ0) is 15.2. The van der Waals surface area contributed by atoms with Crippen molar-refractivity contribution >= 4 is 11.6 Å². The van der Waals surface area contributed by atoms with Gasteiger partial charge in [0.1, 0.15) is 0 Å². The monoisotopic (exact) mass is 279 g/mol. The lowest BCUT2D eigenvalue weighted by Crippen LogP contribution is -2.14. The van der Waals surface area contributed by atoms with E-state index in [2.05, 4.69) is 22.1 Å². The summed E-state index contributed by atoms with van der Waals surface area (Å²) in [5.41, 5.74) is 9.40. The first-order valence-electron chi connectivity index (χ1n) is 6.63. The molecule has 3 N–H and O–H groups in total. The molecule has 1 amide bonds. The fourth-order valence-corrected chi connectivity index (χ4v) is 1.98. The molecule has 21 heavy (non-hydrogen) atoms. The van der Waals surface area contributed by atoms with Crippen LogP contribution in [0.5, 0.6) is 0 Å². The first-order valence-corrected chi connectivity index (χ1v) is 6.63. The number of rotatable bonds is 2. The largest absolute Gasteiger partial charge is 0.322 e. The number of hydrogen-bond acceptors (Lipinski definition) is 3. The van der Waals surface area contributed by atoms with Gasteiger partial charge in [0.2, 0.25) is 0 Å². The molecule has 2 rings (SSSR count). The molecule has 4 heteroatoms. The number of nitrogens with one attached hydrogen (secondary N) is 1. The number of nitrogens with zero attached hydrogens (tertiary/aromatic N) is 1. The smallest absolute Gasteiger partial charge is 0.257 e. The summed E-state index contributed by atoms with van der Waals surface area (Å²) in [6, 6.07) is 7.54. The fourth-order valence-electron chi connectivity index (χ4n) is 1.98. The molecular formula is C17H17N3O. The maximum Gasteiger partial charge on any atom is 0.257 e. The third kappa shape index (κ3) is 3.68. The van der Waals surface area contributed by atoms with Crippen LogP contribution in [0.3, 0.4) is 0 Å². The number of hydrogen-bond donors (Lipinski definition) is 2. The molecule has 1 aromatic carbocycles. The molecule has 2 aromatic rings. The zero-order valence-corrected chi connectivity index (χ0v) is 12.1. The van der Waals surface area contributed by atoms with Crippen LogP contribution in [-0.2, 0) is 0 Å². The topological polar surface area (TPSA) is 68.0 Å². The van der Waals surface area contributed by atoms with Crippen LogP contribution in [-0.4, -0.2) is 17.4 Å². The van der Waals surface area contributed by atoms with Gasteiger partial charge < -0.3 is 11.1 Å². The van der Waals surface area contributed by atoms with Gasteiger partial charge in [-0.1, -0.05) is 29.5 Å². The molecule has 0 atom stereocenters. The van der Waals surface area contributed by atoms with E-state index in [0.29, 0.717) is 11.1 Å². The third-order valence-corrected chi connectivity index (χ3v) is 3.02. The van der Waals surface area contributed by atoms with Crippen molar-refractivity contribution in [1.29, 1.82) is 0 Å². The molecule has 0 aliphatic heterocycles. The Morgan fingerprint density at radius 3 is 2.86 bits per heavy atom. The summed E-state index contributed by atoms with van der Waals surface area (Å²) in [6.45, 7) is 4.22. The second-order valence-electron chi connectivity index (χ2n) is 4.70. The van der Waals surface area contributed by atoms with Crippen LogP contribution < -0.4 is 11.1 Å². The molecule has 0 fully saturated rings. The van der Waals surface area contributed by atoms with Crippen molar-refractivity contribution in [2.75, 3.05) is 11.9 Å². The molecule has 0 spiro atoms. The van der Waals surface area contributed by atoms with E-state index >= 15 is 0 Å². The highest BCUT2D eigenvalue weighted by Gasteiger charge is 2.11. The van der Waals surface area contributed by atoms with E-state index in [-0.39, 0.29) is 12.5 Å². The van der Waals surface area contributed by atoms with Gasteiger partial charge in [0, 0.05) is 18.1 Å². The minimum Gasteiger partial charge on any atom is -0.322 e. The van der Waals surface area contributed by atoms with Gasteiger partial charge in [-0.2, -0.15) is 0 Å². The number of nitrogens with two attached hydrogens (primary N) is 1. The Kier molecular flexibility index (Phi) is 4.70. The Hall–Kier alpha value is -2.64. The SMILES string of the molecule is Cc1ccc(NC(=O)c2ccncc2C#CCN)c(C)c1. The van der Waals surface area contributed by atoms with Gasteiger partial charge in [-0.25, -0.2) is 0 Å². The molecule has 1 aromatic heterocycles. The van der Waals surface area contributed by atoms with E-state index in [9.17, 15) is 4.79 Å². The third-order valence-electron chi connectivity index (χ3n) is 3.02. The predicted molar refractivity (Wildman–Crippen MR) is 84.0 cm³/mol. The van der Waals surface area contributed by atoms with Gasteiger partial charge in [0.25, 0.3) is 5.91 Å². The summed E-state index contributed by atoms with van der Waals surface area (Å²) in [5.74, 6) is 5.40. The van der Waals surface area contributed by atoms with Crippen molar-refractivity contribution in [3.05, 3.63) is 58.9 Å². The first-order chi connectivity index (χ1) is 10.1. The molecule has 0 bridgehead atoms.